The molecule has 2 unspecified atom stereocenters. The molecule has 1 heterocycles. The predicted octanol–water partition coefficient (Wildman–Crippen LogP) is 6.91. The SMILES string of the molecule is CC(F)c1ccc(CSC2=NCN=C(c3cc(C(C)(F)F)cc(C(F)(F)P)c3)N2)cc1Br.CP(=O)(O)O. The number of benzene rings is 2. The third-order valence-electron chi connectivity index (χ3n) is 4.64. The van der Waals surface area contributed by atoms with Crippen LogP contribution < -0.4 is 5.32 Å². The van der Waals surface area contributed by atoms with Crippen LogP contribution in [0, 0.1) is 0 Å². The third kappa shape index (κ3) is 10.7. The molecule has 1 aliphatic rings. The van der Waals surface area contributed by atoms with E-state index in [2.05, 4.69) is 31.2 Å². The lowest BCUT2D eigenvalue weighted by Gasteiger charge is -2.20. The Bertz CT molecular complexity index is 1190. The van der Waals surface area contributed by atoms with E-state index in [1.165, 1.54) is 27.9 Å². The summed E-state index contributed by atoms with van der Waals surface area (Å²) in [6.07, 6.45) is -1.10. The lowest BCUT2D eigenvalue weighted by atomic mass is 10.0. The standard InChI is InChI=1S/C21H20BrF5N3PS.CH5O3P/c1-11(23)16-4-3-12(5-17(16)22)9-32-19-29-10-28-18(30-19)13-6-14(20(2,24)25)8-15(7-13)21(26,27)31;1-5(2,3)4/h3-8,11H,9-10,31H2,1-2H3,(H,28,29,30);1H3,(H2,2,3,4). The van der Waals surface area contributed by atoms with Crippen LogP contribution in [0.2, 0.25) is 0 Å². The van der Waals surface area contributed by atoms with E-state index < -0.39 is 36.5 Å². The molecule has 37 heavy (non-hydrogen) atoms. The Morgan fingerprint density at radius 3 is 2.27 bits per heavy atom. The third-order valence-corrected chi connectivity index (χ3v) is 6.64. The van der Waals surface area contributed by atoms with Crippen molar-refractivity contribution >= 4 is 55.5 Å². The lowest BCUT2D eigenvalue weighted by Crippen LogP contribution is -2.33. The molecule has 0 radical (unpaired) electrons. The number of halogens is 6. The first-order valence-electron chi connectivity index (χ1n) is 10.5. The largest absolute Gasteiger partial charge is 0.325 e. The van der Waals surface area contributed by atoms with Crippen molar-refractivity contribution < 1.29 is 36.3 Å². The summed E-state index contributed by atoms with van der Waals surface area (Å²) < 4.78 is 79.1. The van der Waals surface area contributed by atoms with E-state index in [0.717, 1.165) is 30.4 Å². The van der Waals surface area contributed by atoms with Crippen molar-refractivity contribution in [1.29, 1.82) is 0 Å². The van der Waals surface area contributed by atoms with Gasteiger partial charge in [0.2, 0.25) is 0 Å². The summed E-state index contributed by atoms with van der Waals surface area (Å²) in [7, 11) is -2.28. The van der Waals surface area contributed by atoms with Crippen LogP contribution in [0.4, 0.5) is 22.0 Å². The number of nitrogens with zero attached hydrogens (tertiary/aromatic N) is 2. The molecular weight excluding hydrogens is 623 g/mol. The summed E-state index contributed by atoms with van der Waals surface area (Å²) in [5.41, 5.74) is -2.86. The van der Waals surface area contributed by atoms with Crippen LogP contribution in [0.1, 0.15) is 47.8 Å². The molecule has 2 atom stereocenters. The molecule has 1 aliphatic heterocycles. The van der Waals surface area contributed by atoms with Gasteiger partial charge < -0.3 is 15.1 Å². The minimum absolute atomic E-state index is 0.0337. The van der Waals surface area contributed by atoms with E-state index in [1.54, 1.807) is 6.07 Å². The molecule has 204 valence electrons. The maximum absolute atomic E-state index is 13.9. The minimum Gasteiger partial charge on any atom is -0.325 e. The molecule has 2 aromatic rings. The molecule has 0 amide bonds. The van der Waals surface area contributed by atoms with Crippen molar-refractivity contribution in [3.63, 3.8) is 0 Å². The van der Waals surface area contributed by atoms with Crippen molar-refractivity contribution in [2.24, 2.45) is 9.98 Å². The number of hydrogen-bond acceptors (Lipinski definition) is 5. The second kappa shape index (κ2) is 12.7. The number of alkyl halides is 5. The highest BCUT2D eigenvalue weighted by molar-refractivity contribution is 9.10. The van der Waals surface area contributed by atoms with Gasteiger partial charge in [-0.1, -0.05) is 49.1 Å². The fourth-order valence-corrected chi connectivity index (χ4v) is 4.65. The fraction of sp³-hybridized carbons (Fsp3) is 0.364. The van der Waals surface area contributed by atoms with E-state index in [-0.39, 0.29) is 18.1 Å². The van der Waals surface area contributed by atoms with Gasteiger partial charge in [0.15, 0.2) is 5.17 Å². The van der Waals surface area contributed by atoms with E-state index in [4.69, 9.17) is 9.79 Å². The zero-order valence-corrected chi connectivity index (χ0v) is 24.3. The number of hydrogen-bond donors (Lipinski definition) is 3. The molecule has 15 heteroatoms. The van der Waals surface area contributed by atoms with Gasteiger partial charge in [-0.25, -0.2) is 23.2 Å². The van der Waals surface area contributed by atoms with E-state index >= 15 is 0 Å². The van der Waals surface area contributed by atoms with Gasteiger partial charge in [-0.15, -0.1) is 0 Å². The summed E-state index contributed by atoms with van der Waals surface area (Å²) >= 11 is 4.70. The molecule has 0 saturated heterocycles. The summed E-state index contributed by atoms with van der Waals surface area (Å²) in [6.45, 7) is 3.00. The first kappa shape index (κ1) is 31.9. The van der Waals surface area contributed by atoms with Gasteiger partial charge in [-0.2, -0.15) is 8.78 Å². The second-order valence-corrected chi connectivity index (χ2v) is 12.4. The highest BCUT2D eigenvalue weighted by Crippen LogP contribution is 2.38. The van der Waals surface area contributed by atoms with E-state index in [9.17, 15) is 26.5 Å². The summed E-state index contributed by atoms with van der Waals surface area (Å²) in [6, 6.07) is 8.40. The maximum atomic E-state index is 13.9. The van der Waals surface area contributed by atoms with E-state index in [0.29, 0.717) is 27.9 Å². The first-order valence-corrected chi connectivity index (χ1v) is 14.9. The van der Waals surface area contributed by atoms with Crippen LogP contribution in [0.25, 0.3) is 0 Å². The van der Waals surface area contributed by atoms with E-state index in [1.807, 2.05) is 12.1 Å². The van der Waals surface area contributed by atoms with Gasteiger partial charge >= 0.3 is 7.60 Å². The van der Waals surface area contributed by atoms with Crippen LogP contribution in [-0.2, 0) is 21.9 Å². The number of nitrogens with one attached hydrogen (secondary N) is 1. The second-order valence-electron chi connectivity index (χ2n) is 8.14. The number of thioether (sulfide) groups is 1. The number of aliphatic imine (C=N–C) groups is 2. The normalized spacial score (nSPS) is 15.1. The molecule has 0 aliphatic carbocycles. The predicted molar refractivity (Wildman–Crippen MR) is 145 cm³/mol. The van der Waals surface area contributed by atoms with Crippen LogP contribution in [0.5, 0.6) is 0 Å². The molecule has 0 spiro atoms. The lowest BCUT2D eigenvalue weighted by molar-refractivity contribution is 0.0169. The Morgan fingerprint density at radius 1 is 1.16 bits per heavy atom. The Morgan fingerprint density at radius 2 is 1.76 bits per heavy atom. The van der Waals surface area contributed by atoms with Gasteiger partial charge in [0.1, 0.15) is 18.7 Å². The van der Waals surface area contributed by atoms with Gasteiger partial charge in [0.25, 0.3) is 11.6 Å². The zero-order valence-electron chi connectivity index (χ0n) is 19.9. The van der Waals surface area contributed by atoms with Crippen LogP contribution in [0.15, 0.2) is 50.9 Å². The van der Waals surface area contributed by atoms with Crippen molar-refractivity contribution in [1.82, 2.24) is 5.32 Å². The maximum Gasteiger partial charge on any atom is 0.322 e. The average molecular weight is 648 g/mol. The molecule has 6 nitrogen and oxygen atoms in total. The van der Waals surface area contributed by atoms with Gasteiger partial charge in [-0.05, 0) is 42.3 Å². The summed E-state index contributed by atoms with van der Waals surface area (Å²) in [5.74, 6) is -2.61. The molecule has 2 aromatic carbocycles. The van der Waals surface area contributed by atoms with Crippen molar-refractivity contribution in [3.8, 4) is 0 Å². The number of rotatable bonds is 6. The monoisotopic (exact) mass is 647 g/mol. The van der Waals surface area contributed by atoms with Gasteiger partial charge in [0.05, 0.1) is 0 Å². The van der Waals surface area contributed by atoms with Crippen molar-refractivity contribution in [2.45, 2.75) is 37.4 Å². The molecule has 3 rings (SSSR count). The topological polar surface area (TPSA) is 94.3 Å². The van der Waals surface area contributed by atoms with Gasteiger partial charge in [0, 0.05) is 40.5 Å². The Balaban J connectivity index is 0.000000877. The molecule has 3 N–H and O–H groups in total. The molecule has 0 bridgehead atoms. The zero-order chi connectivity index (χ0) is 28.2. The number of amidine groups is 2. The quantitative estimate of drug-likeness (QED) is 0.234. The summed E-state index contributed by atoms with van der Waals surface area (Å²) in [5, 5.41) is 3.41. The molecule has 0 fully saturated rings. The Hall–Kier alpha value is -1.36. The molecular formula is C22H25BrF5N3O3P2S. The van der Waals surface area contributed by atoms with Crippen molar-refractivity contribution in [2.75, 3.05) is 13.3 Å². The summed E-state index contributed by atoms with van der Waals surface area (Å²) in [4.78, 5) is 23.7. The highest BCUT2D eigenvalue weighted by Gasteiger charge is 2.32. The first-order chi connectivity index (χ1) is 16.8. The minimum atomic E-state index is -3.64. The van der Waals surface area contributed by atoms with Crippen molar-refractivity contribution in [3.05, 3.63) is 68.7 Å². The smallest absolute Gasteiger partial charge is 0.322 e. The van der Waals surface area contributed by atoms with Crippen LogP contribution >= 0.6 is 44.5 Å². The average Bonchev–Trinajstić information content (AvgIpc) is 2.75. The van der Waals surface area contributed by atoms with Gasteiger partial charge in [-0.3, -0.25) is 4.57 Å². The molecule has 0 aromatic heterocycles. The van der Waals surface area contributed by atoms with Crippen LogP contribution in [0.3, 0.4) is 0 Å². The Labute approximate surface area is 226 Å². The highest BCUT2D eigenvalue weighted by atomic mass is 79.9. The van der Waals surface area contributed by atoms with Crippen LogP contribution in [-0.4, -0.2) is 34.1 Å². The fourth-order valence-electron chi connectivity index (χ4n) is 2.94. The Kier molecular flexibility index (Phi) is 10.9. The molecule has 0 saturated carbocycles.